The number of thioether (sulfide) groups is 1. The van der Waals surface area contributed by atoms with Crippen LogP contribution in [0.1, 0.15) is 17.3 Å². The van der Waals surface area contributed by atoms with E-state index in [1.54, 1.807) is 18.7 Å². The van der Waals surface area contributed by atoms with Crippen molar-refractivity contribution in [2.75, 3.05) is 6.26 Å². The Bertz CT molecular complexity index is 552. The summed E-state index contributed by atoms with van der Waals surface area (Å²) in [6, 6.07) is 17.0. The fourth-order valence-corrected chi connectivity index (χ4v) is 2.33. The van der Waals surface area contributed by atoms with Gasteiger partial charge in [0.1, 0.15) is 5.75 Å². The Morgan fingerprint density at radius 2 is 1.68 bits per heavy atom. The van der Waals surface area contributed by atoms with Crippen molar-refractivity contribution in [2.45, 2.75) is 17.9 Å². The second-order valence-electron chi connectivity index (χ2n) is 4.14. The second kappa shape index (κ2) is 6.43. The van der Waals surface area contributed by atoms with Crippen LogP contribution in [0.5, 0.6) is 5.75 Å². The van der Waals surface area contributed by atoms with E-state index in [4.69, 9.17) is 4.74 Å². The molecule has 1 atom stereocenters. The first-order valence-electron chi connectivity index (χ1n) is 6.11. The topological polar surface area (TPSA) is 26.3 Å². The van der Waals surface area contributed by atoms with Gasteiger partial charge in [0.05, 0.1) is 0 Å². The third kappa shape index (κ3) is 3.38. The van der Waals surface area contributed by atoms with Crippen LogP contribution in [-0.2, 0) is 0 Å². The summed E-state index contributed by atoms with van der Waals surface area (Å²) in [4.78, 5) is 13.3. The molecule has 0 saturated heterocycles. The molecule has 0 bridgehead atoms. The van der Waals surface area contributed by atoms with Gasteiger partial charge < -0.3 is 4.74 Å². The lowest BCUT2D eigenvalue weighted by Gasteiger charge is -2.15. The van der Waals surface area contributed by atoms with Crippen LogP contribution in [0.3, 0.4) is 0 Å². The first-order valence-corrected chi connectivity index (χ1v) is 7.34. The van der Waals surface area contributed by atoms with E-state index in [0.717, 1.165) is 10.6 Å². The van der Waals surface area contributed by atoms with Crippen molar-refractivity contribution in [2.24, 2.45) is 0 Å². The van der Waals surface area contributed by atoms with Crippen LogP contribution in [0.2, 0.25) is 0 Å². The quantitative estimate of drug-likeness (QED) is 0.606. The van der Waals surface area contributed by atoms with Gasteiger partial charge in [-0.2, -0.15) is 0 Å². The SMILES string of the molecule is CSc1ccccc1OC(C)C(=O)c1ccccc1. The largest absolute Gasteiger partial charge is 0.481 e. The van der Waals surface area contributed by atoms with E-state index in [0.29, 0.717) is 5.56 Å². The molecule has 2 rings (SSSR count). The Morgan fingerprint density at radius 3 is 2.37 bits per heavy atom. The zero-order valence-electron chi connectivity index (χ0n) is 11.0. The zero-order valence-corrected chi connectivity index (χ0v) is 11.8. The minimum Gasteiger partial charge on any atom is -0.481 e. The van der Waals surface area contributed by atoms with Gasteiger partial charge in [0, 0.05) is 10.5 Å². The first kappa shape index (κ1) is 13.7. The summed E-state index contributed by atoms with van der Waals surface area (Å²) in [5.74, 6) is 0.753. The van der Waals surface area contributed by atoms with E-state index in [-0.39, 0.29) is 5.78 Å². The number of Topliss-reactive ketones (excluding diaryl/α,β-unsaturated/α-hetero) is 1. The molecule has 2 aromatic carbocycles. The number of carbonyl (C=O) groups excluding carboxylic acids is 1. The summed E-state index contributed by atoms with van der Waals surface area (Å²) in [5.41, 5.74) is 0.677. The van der Waals surface area contributed by atoms with E-state index in [1.165, 1.54) is 0 Å². The molecular weight excluding hydrogens is 256 g/mol. The van der Waals surface area contributed by atoms with Crippen molar-refractivity contribution in [3.05, 3.63) is 60.2 Å². The number of ketones is 1. The Labute approximate surface area is 117 Å². The second-order valence-corrected chi connectivity index (χ2v) is 4.99. The van der Waals surface area contributed by atoms with Crippen LogP contribution in [0.25, 0.3) is 0 Å². The zero-order chi connectivity index (χ0) is 13.7. The fourth-order valence-electron chi connectivity index (χ4n) is 1.80. The van der Waals surface area contributed by atoms with Crippen LogP contribution < -0.4 is 4.74 Å². The molecule has 0 heterocycles. The van der Waals surface area contributed by atoms with Crippen molar-refractivity contribution in [1.82, 2.24) is 0 Å². The summed E-state index contributed by atoms with van der Waals surface area (Å²) in [7, 11) is 0. The molecule has 98 valence electrons. The van der Waals surface area contributed by atoms with Gasteiger partial charge in [0.15, 0.2) is 6.10 Å². The average Bonchev–Trinajstić information content (AvgIpc) is 2.48. The fraction of sp³-hybridized carbons (Fsp3) is 0.188. The molecule has 0 aliphatic heterocycles. The van der Waals surface area contributed by atoms with Crippen molar-refractivity contribution in [1.29, 1.82) is 0 Å². The van der Waals surface area contributed by atoms with Crippen LogP contribution in [0.15, 0.2) is 59.5 Å². The first-order chi connectivity index (χ1) is 9.22. The minimum atomic E-state index is -0.490. The molecule has 0 spiro atoms. The maximum Gasteiger partial charge on any atom is 0.202 e. The monoisotopic (exact) mass is 272 g/mol. The van der Waals surface area contributed by atoms with Gasteiger partial charge >= 0.3 is 0 Å². The molecule has 2 aromatic rings. The van der Waals surface area contributed by atoms with Crippen molar-refractivity contribution in [3.63, 3.8) is 0 Å². The number of hydrogen-bond donors (Lipinski definition) is 0. The summed E-state index contributed by atoms with van der Waals surface area (Å²) in [5, 5.41) is 0. The van der Waals surface area contributed by atoms with E-state index in [1.807, 2.05) is 60.9 Å². The minimum absolute atomic E-state index is 0.00324. The predicted octanol–water partition coefficient (Wildman–Crippen LogP) is 4.06. The highest BCUT2D eigenvalue weighted by molar-refractivity contribution is 7.98. The van der Waals surface area contributed by atoms with Crippen LogP contribution in [-0.4, -0.2) is 18.1 Å². The summed E-state index contributed by atoms with van der Waals surface area (Å²) in [6.07, 6.45) is 1.50. The van der Waals surface area contributed by atoms with Gasteiger partial charge in [-0.1, -0.05) is 42.5 Å². The normalized spacial score (nSPS) is 11.9. The molecule has 19 heavy (non-hydrogen) atoms. The van der Waals surface area contributed by atoms with Crippen molar-refractivity contribution < 1.29 is 9.53 Å². The molecule has 0 aliphatic carbocycles. The molecule has 0 amide bonds. The van der Waals surface area contributed by atoms with Crippen LogP contribution in [0.4, 0.5) is 0 Å². The van der Waals surface area contributed by atoms with E-state index < -0.39 is 6.10 Å². The van der Waals surface area contributed by atoms with E-state index >= 15 is 0 Å². The highest BCUT2D eigenvalue weighted by Crippen LogP contribution is 2.28. The lowest BCUT2D eigenvalue weighted by atomic mass is 10.1. The molecule has 0 aromatic heterocycles. The van der Waals surface area contributed by atoms with Crippen LogP contribution >= 0.6 is 11.8 Å². The van der Waals surface area contributed by atoms with Crippen molar-refractivity contribution >= 4 is 17.5 Å². The standard InChI is InChI=1S/C16H16O2S/c1-12(16(17)13-8-4-3-5-9-13)18-14-10-6-7-11-15(14)19-2/h3-12H,1-2H3. The highest BCUT2D eigenvalue weighted by atomic mass is 32.2. The Balaban J connectivity index is 2.13. The van der Waals surface area contributed by atoms with Gasteiger partial charge in [-0.15, -0.1) is 11.8 Å². The molecule has 0 aliphatic rings. The molecule has 2 nitrogen and oxygen atoms in total. The van der Waals surface area contributed by atoms with E-state index in [2.05, 4.69) is 0 Å². The Kier molecular flexibility index (Phi) is 4.63. The predicted molar refractivity (Wildman–Crippen MR) is 79.1 cm³/mol. The van der Waals surface area contributed by atoms with Crippen molar-refractivity contribution in [3.8, 4) is 5.75 Å². The Hall–Kier alpha value is -1.74. The lowest BCUT2D eigenvalue weighted by Crippen LogP contribution is -2.24. The van der Waals surface area contributed by atoms with Gasteiger partial charge in [-0.05, 0) is 25.3 Å². The number of ether oxygens (including phenoxy) is 1. The number of benzene rings is 2. The van der Waals surface area contributed by atoms with Gasteiger partial charge in [0.2, 0.25) is 5.78 Å². The van der Waals surface area contributed by atoms with Gasteiger partial charge in [-0.3, -0.25) is 4.79 Å². The molecule has 0 radical (unpaired) electrons. The lowest BCUT2D eigenvalue weighted by molar-refractivity contribution is 0.0814. The third-order valence-corrected chi connectivity index (χ3v) is 3.58. The molecule has 0 saturated carbocycles. The maximum atomic E-state index is 12.2. The number of rotatable bonds is 5. The third-order valence-electron chi connectivity index (χ3n) is 2.80. The van der Waals surface area contributed by atoms with E-state index in [9.17, 15) is 4.79 Å². The molecule has 0 N–H and O–H groups in total. The molecular formula is C16H16O2S. The summed E-state index contributed by atoms with van der Waals surface area (Å²) in [6.45, 7) is 1.78. The highest BCUT2D eigenvalue weighted by Gasteiger charge is 2.17. The van der Waals surface area contributed by atoms with Crippen LogP contribution in [0, 0.1) is 0 Å². The Morgan fingerprint density at radius 1 is 1.05 bits per heavy atom. The molecule has 1 unspecified atom stereocenters. The average molecular weight is 272 g/mol. The molecule has 3 heteroatoms. The number of para-hydroxylation sites is 1. The van der Waals surface area contributed by atoms with Gasteiger partial charge in [-0.25, -0.2) is 0 Å². The van der Waals surface area contributed by atoms with Gasteiger partial charge in [0.25, 0.3) is 0 Å². The number of carbonyl (C=O) groups is 1. The summed E-state index contributed by atoms with van der Waals surface area (Å²) >= 11 is 1.61. The summed E-state index contributed by atoms with van der Waals surface area (Å²) < 4.78 is 5.78. The maximum absolute atomic E-state index is 12.2. The smallest absolute Gasteiger partial charge is 0.202 e. The number of hydrogen-bond acceptors (Lipinski definition) is 3. The molecule has 0 fully saturated rings.